The fraction of sp³-hybridized carbons (Fsp3) is 0.312. The number of hydrogen-bond acceptors (Lipinski definition) is 6. The average molecular weight is 377 g/mol. The van der Waals surface area contributed by atoms with Crippen LogP contribution in [0.2, 0.25) is 0 Å². The van der Waals surface area contributed by atoms with E-state index < -0.39 is 11.7 Å². The average Bonchev–Trinajstić information content (AvgIpc) is 2.95. The molecule has 1 aliphatic heterocycles. The van der Waals surface area contributed by atoms with E-state index in [9.17, 15) is 18.0 Å². The van der Waals surface area contributed by atoms with Gasteiger partial charge in [0.15, 0.2) is 17.0 Å². The maximum atomic E-state index is 12.6. The standard InChI is InChI=1S/C16H14F3N7O/c1-25-13-12(23-24-25)14(21-8-20-13)26-6-9(7-26)15(27)22-11-4-2-10(3-5-11)16(17,18)19/h2-5,8-9H,6-7H2,1H3,(H,22,27). The molecule has 0 atom stereocenters. The molecule has 140 valence electrons. The lowest BCUT2D eigenvalue weighted by molar-refractivity contribution is -0.137. The van der Waals surface area contributed by atoms with Gasteiger partial charge in [0.05, 0.1) is 11.5 Å². The number of rotatable bonds is 3. The van der Waals surface area contributed by atoms with Gasteiger partial charge in [-0.1, -0.05) is 5.21 Å². The maximum Gasteiger partial charge on any atom is 0.416 e. The fourth-order valence-corrected chi connectivity index (χ4v) is 2.88. The molecule has 1 aliphatic rings. The molecule has 4 rings (SSSR count). The van der Waals surface area contributed by atoms with Crippen molar-refractivity contribution in [2.75, 3.05) is 23.3 Å². The SMILES string of the molecule is Cn1nnc2c(N3CC(C(=O)Nc4ccc(C(F)(F)F)cc4)C3)ncnc21. The third-order valence-corrected chi connectivity index (χ3v) is 4.40. The highest BCUT2D eigenvalue weighted by Gasteiger charge is 2.35. The van der Waals surface area contributed by atoms with Gasteiger partial charge in [-0.3, -0.25) is 4.79 Å². The molecule has 0 unspecified atom stereocenters. The largest absolute Gasteiger partial charge is 0.416 e. The Bertz CT molecular complexity index is 993. The van der Waals surface area contributed by atoms with E-state index in [1.165, 1.54) is 23.1 Å². The smallest absolute Gasteiger partial charge is 0.353 e. The van der Waals surface area contributed by atoms with Crippen molar-refractivity contribution < 1.29 is 18.0 Å². The molecule has 11 heteroatoms. The lowest BCUT2D eigenvalue weighted by Gasteiger charge is -2.38. The molecule has 0 aliphatic carbocycles. The van der Waals surface area contributed by atoms with Crippen molar-refractivity contribution in [2.45, 2.75) is 6.18 Å². The predicted octanol–water partition coefficient (Wildman–Crippen LogP) is 1.85. The second-order valence-electron chi connectivity index (χ2n) is 6.25. The minimum absolute atomic E-state index is 0.254. The summed E-state index contributed by atoms with van der Waals surface area (Å²) in [6.45, 7) is 0.851. The fourth-order valence-electron chi connectivity index (χ4n) is 2.88. The van der Waals surface area contributed by atoms with Crippen LogP contribution in [0.5, 0.6) is 0 Å². The number of halogens is 3. The Hall–Kier alpha value is -3.24. The van der Waals surface area contributed by atoms with Gasteiger partial charge in [-0.2, -0.15) is 13.2 Å². The first kappa shape index (κ1) is 17.2. The third-order valence-electron chi connectivity index (χ3n) is 4.40. The first-order valence-electron chi connectivity index (χ1n) is 8.06. The minimum Gasteiger partial charge on any atom is -0.353 e. The summed E-state index contributed by atoms with van der Waals surface area (Å²) in [5.41, 5.74) is 0.719. The predicted molar refractivity (Wildman–Crippen MR) is 89.9 cm³/mol. The van der Waals surface area contributed by atoms with E-state index in [-0.39, 0.29) is 11.8 Å². The second kappa shape index (κ2) is 6.18. The minimum atomic E-state index is -4.40. The van der Waals surface area contributed by atoms with Crippen LogP contribution >= 0.6 is 0 Å². The number of nitrogens with one attached hydrogen (secondary N) is 1. The lowest BCUT2D eigenvalue weighted by Crippen LogP contribution is -2.52. The number of aromatic nitrogens is 5. The van der Waals surface area contributed by atoms with Crippen LogP contribution in [-0.2, 0) is 18.0 Å². The van der Waals surface area contributed by atoms with E-state index in [4.69, 9.17) is 0 Å². The molecule has 8 nitrogen and oxygen atoms in total. The number of amides is 1. The molecule has 2 aromatic heterocycles. The molecule has 0 bridgehead atoms. The highest BCUT2D eigenvalue weighted by molar-refractivity contribution is 5.95. The number of nitrogens with zero attached hydrogens (tertiary/aromatic N) is 6. The third kappa shape index (κ3) is 3.15. The van der Waals surface area contributed by atoms with Crippen molar-refractivity contribution in [2.24, 2.45) is 13.0 Å². The summed E-state index contributed by atoms with van der Waals surface area (Å²) >= 11 is 0. The molecular weight excluding hydrogens is 363 g/mol. The maximum absolute atomic E-state index is 12.6. The first-order valence-corrected chi connectivity index (χ1v) is 8.06. The molecule has 0 saturated carbocycles. The summed E-state index contributed by atoms with van der Waals surface area (Å²) in [4.78, 5) is 22.5. The molecule has 1 amide bonds. The summed E-state index contributed by atoms with van der Waals surface area (Å²) < 4.78 is 39.3. The van der Waals surface area contributed by atoms with Gasteiger partial charge in [-0.15, -0.1) is 5.10 Å². The van der Waals surface area contributed by atoms with Gasteiger partial charge in [0, 0.05) is 25.8 Å². The molecule has 3 aromatic rings. The van der Waals surface area contributed by atoms with Gasteiger partial charge < -0.3 is 10.2 Å². The van der Waals surface area contributed by atoms with Crippen LogP contribution in [0, 0.1) is 5.92 Å². The first-order chi connectivity index (χ1) is 12.8. The Morgan fingerprint density at radius 2 is 1.89 bits per heavy atom. The molecule has 0 radical (unpaired) electrons. The van der Waals surface area contributed by atoms with Gasteiger partial charge in [0.25, 0.3) is 0 Å². The summed E-state index contributed by atoms with van der Waals surface area (Å²) in [5.74, 6) is 0.0520. The van der Waals surface area contributed by atoms with Crippen molar-refractivity contribution in [3.63, 3.8) is 0 Å². The zero-order valence-corrected chi connectivity index (χ0v) is 14.1. The topological polar surface area (TPSA) is 88.8 Å². The number of carbonyl (C=O) groups excluding carboxylic acids is 1. The Labute approximate surface area is 151 Å². The number of alkyl halides is 3. The Morgan fingerprint density at radius 1 is 1.19 bits per heavy atom. The second-order valence-corrected chi connectivity index (χ2v) is 6.25. The summed E-state index contributed by atoms with van der Waals surface area (Å²) in [6.07, 6.45) is -2.99. The number of aryl methyl sites for hydroxylation is 1. The number of benzene rings is 1. The van der Waals surface area contributed by atoms with E-state index in [1.54, 1.807) is 7.05 Å². The van der Waals surface area contributed by atoms with E-state index in [1.807, 2.05) is 4.90 Å². The molecule has 1 saturated heterocycles. The molecule has 27 heavy (non-hydrogen) atoms. The van der Waals surface area contributed by atoms with Crippen molar-refractivity contribution in [3.8, 4) is 0 Å². The Balaban J connectivity index is 1.40. The van der Waals surface area contributed by atoms with Crippen LogP contribution in [0.15, 0.2) is 30.6 Å². The van der Waals surface area contributed by atoms with Crippen LogP contribution in [0.4, 0.5) is 24.7 Å². The van der Waals surface area contributed by atoms with Crippen LogP contribution in [-0.4, -0.2) is 44.0 Å². The van der Waals surface area contributed by atoms with E-state index in [0.29, 0.717) is 35.8 Å². The summed E-state index contributed by atoms with van der Waals surface area (Å²) in [7, 11) is 1.72. The Morgan fingerprint density at radius 3 is 2.56 bits per heavy atom. The van der Waals surface area contributed by atoms with Crippen molar-refractivity contribution in [3.05, 3.63) is 36.2 Å². The van der Waals surface area contributed by atoms with Gasteiger partial charge >= 0.3 is 6.18 Å². The van der Waals surface area contributed by atoms with Crippen molar-refractivity contribution in [1.82, 2.24) is 25.0 Å². The normalized spacial score (nSPS) is 15.0. The number of carbonyl (C=O) groups is 1. The van der Waals surface area contributed by atoms with Gasteiger partial charge in [-0.05, 0) is 24.3 Å². The van der Waals surface area contributed by atoms with Crippen molar-refractivity contribution in [1.29, 1.82) is 0 Å². The van der Waals surface area contributed by atoms with E-state index >= 15 is 0 Å². The molecular formula is C16H14F3N7O. The van der Waals surface area contributed by atoms with Gasteiger partial charge in [0.2, 0.25) is 5.91 Å². The number of fused-ring (bicyclic) bond motifs is 1. The lowest BCUT2D eigenvalue weighted by atomic mass is 9.99. The quantitative estimate of drug-likeness (QED) is 0.750. The molecule has 1 N–H and O–H groups in total. The van der Waals surface area contributed by atoms with E-state index in [2.05, 4.69) is 25.6 Å². The summed E-state index contributed by atoms with van der Waals surface area (Å²) in [5, 5.41) is 10.6. The molecule has 1 fully saturated rings. The zero-order chi connectivity index (χ0) is 19.2. The van der Waals surface area contributed by atoms with Crippen LogP contribution in [0.3, 0.4) is 0 Å². The van der Waals surface area contributed by atoms with Gasteiger partial charge in [-0.25, -0.2) is 14.6 Å². The number of hydrogen-bond donors (Lipinski definition) is 1. The van der Waals surface area contributed by atoms with E-state index in [0.717, 1.165) is 12.1 Å². The monoisotopic (exact) mass is 377 g/mol. The molecule has 1 aromatic carbocycles. The Kier molecular flexibility index (Phi) is 3.93. The highest BCUT2D eigenvalue weighted by atomic mass is 19.4. The summed E-state index contributed by atoms with van der Waals surface area (Å²) in [6, 6.07) is 4.36. The van der Waals surface area contributed by atoms with Crippen LogP contribution < -0.4 is 10.2 Å². The molecule has 3 heterocycles. The zero-order valence-electron chi connectivity index (χ0n) is 14.1. The number of anilines is 2. The van der Waals surface area contributed by atoms with Crippen molar-refractivity contribution >= 4 is 28.6 Å². The highest BCUT2D eigenvalue weighted by Crippen LogP contribution is 2.31. The van der Waals surface area contributed by atoms with Crippen LogP contribution in [0.1, 0.15) is 5.56 Å². The molecule has 0 spiro atoms. The van der Waals surface area contributed by atoms with Crippen LogP contribution in [0.25, 0.3) is 11.2 Å². The van der Waals surface area contributed by atoms with Gasteiger partial charge in [0.1, 0.15) is 6.33 Å².